The minimum atomic E-state index is -0.428. The van der Waals surface area contributed by atoms with Crippen LogP contribution in [-0.2, 0) is 9.78 Å². The summed E-state index contributed by atoms with van der Waals surface area (Å²) < 4.78 is 0. The largest absolute Gasteiger partial charge is 0.373 e. The first-order valence-corrected chi connectivity index (χ1v) is 7.84. The Kier molecular flexibility index (Phi) is 5.40. The molecule has 3 nitrogen and oxygen atoms in total. The van der Waals surface area contributed by atoms with Gasteiger partial charge in [0.25, 0.3) is 0 Å². The van der Waals surface area contributed by atoms with E-state index in [1.807, 2.05) is 12.1 Å². The summed E-state index contributed by atoms with van der Waals surface area (Å²) in [5.74, 6) is 0.725. The molecule has 2 atom stereocenters. The molecule has 1 aliphatic carbocycles. The van der Waals surface area contributed by atoms with Gasteiger partial charge in [0.1, 0.15) is 0 Å². The standard InChI is InChI=1S/C18H25O3/c1-12(2)15-8-10-16(11-9-15)18(19)21-20-17-13(3)6-5-7-14(17)4/h8-14H,5-7H2,1-4H3. The van der Waals surface area contributed by atoms with Crippen LogP contribution < -0.4 is 0 Å². The Bertz CT molecular complexity index is 454. The van der Waals surface area contributed by atoms with Gasteiger partial charge in [0.2, 0.25) is 0 Å². The molecule has 115 valence electrons. The summed E-state index contributed by atoms with van der Waals surface area (Å²) in [4.78, 5) is 22.4. The molecule has 0 aliphatic heterocycles. The highest BCUT2D eigenvalue weighted by Crippen LogP contribution is 2.37. The van der Waals surface area contributed by atoms with Crippen molar-refractivity contribution in [3.05, 3.63) is 41.5 Å². The second kappa shape index (κ2) is 7.08. The second-order valence-corrected chi connectivity index (χ2v) is 6.37. The van der Waals surface area contributed by atoms with E-state index >= 15 is 0 Å². The molecule has 1 aliphatic rings. The Hall–Kier alpha value is -1.35. The molecular formula is C18H25O3. The first-order valence-electron chi connectivity index (χ1n) is 7.84. The van der Waals surface area contributed by atoms with E-state index in [1.165, 1.54) is 12.0 Å². The highest BCUT2D eigenvalue weighted by molar-refractivity contribution is 5.88. The molecule has 0 saturated heterocycles. The van der Waals surface area contributed by atoms with Gasteiger partial charge >= 0.3 is 5.97 Å². The molecule has 1 radical (unpaired) electrons. The van der Waals surface area contributed by atoms with Crippen molar-refractivity contribution in [3.63, 3.8) is 0 Å². The van der Waals surface area contributed by atoms with Gasteiger partial charge in [-0.25, -0.2) is 4.79 Å². The quantitative estimate of drug-likeness (QED) is 0.585. The molecule has 1 aromatic carbocycles. The lowest BCUT2D eigenvalue weighted by Gasteiger charge is -2.31. The lowest BCUT2D eigenvalue weighted by atomic mass is 9.81. The highest BCUT2D eigenvalue weighted by atomic mass is 17.2. The van der Waals surface area contributed by atoms with Gasteiger partial charge in [-0.1, -0.05) is 46.2 Å². The molecule has 0 amide bonds. The van der Waals surface area contributed by atoms with Crippen molar-refractivity contribution < 1.29 is 14.6 Å². The van der Waals surface area contributed by atoms with Crippen molar-refractivity contribution in [1.29, 1.82) is 0 Å². The first-order chi connectivity index (χ1) is 9.99. The average molecular weight is 289 g/mol. The van der Waals surface area contributed by atoms with E-state index in [9.17, 15) is 4.79 Å². The van der Waals surface area contributed by atoms with Gasteiger partial charge in [0, 0.05) is 0 Å². The number of benzene rings is 1. The lowest BCUT2D eigenvalue weighted by Crippen LogP contribution is -2.26. The number of carbonyl (C=O) groups excluding carboxylic acids is 1. The van der Waals surface area contributed by atoms with Gasteiger partial charge < -0.3 is 0 Å². The van der Waals surface area contributed by atoms with E-state index in [1.54, 1.807) is 12.1 Å². The van der Waals surface area contributed by atoms with E-state index in [-0.39, 0.29) is 0 Å². The summed E-state index contributed by atoms with van der Waals surface area (Å²) in [6, 6.07) is 7.50. The molecule has 0 bridgehead atoms. The molecule has 0 aromatic heterocycles. The van der Waals surface area contributed by atoms with Gasteiger partial charge in [0.05, 0.1) is 5.56 Å². The molecule has 1 aromatic rings. The van der Waals surface area contributed by atoms with Gasteiger partial charge in [0.15, 0.2) is 6.10 Å². The molecule has 1 fully saturated rings. The van der Waals surface area contributed by atoms with Crippen LogP contribution in [0.4, 0.5) is 0 Å². The van der Waals surface area contributed by atoms with Crippen LogP contribution in [0.2, 0.25) is 0 Å². The maximum absolute atomic E-state index is 12.0. The zero-order chi connectivity index (χ0) is 15.4. The van der Waals surface area contributed by atoms with Gasteiger partial charge in [-0.2, -0.15) is 4.89 Å². The van der Waals surface area contributed by atoms with Crippen LogP contribution in [0.1, 0.15) is 68.8 Å². The van der Waals surface area contributed by atoms with Crippen molar-refractivity contribution in [1.82, 2.24) is 0 Å². The van der Waals surface area contributed by atoms with Crippen molar-refractivity contribution in [2.75, 3.05) is 0 Å². The normalized spacial score (nSPS) is 23.3. The Morgan fingerprint density at radius 1 is 1.10 bits per heavy atom. The van der Waals surface area contributed by atoms with Crippen LogP contribution in [0.5, 0.6) is 0 Å². The maximum Gasteiger partial charge on any atom is 0.373 e. The van der Waals surface area contributed by atoms with E-state index in [4.69, 9.17) is 9.78 Å². The smallest absolute Gasteiger partial charge is 0.292 e. The lowest BCUT2D eigenvalue weighted by molar-refractivity contribution is -0.253. The topological polar surface area (TPSA) is 35.5 Å². The summed E-state index contributed by atoms with van der Waals surface area (Å²) >= 11 is 0. The monoisotopic (exact) mass is 289 g/mol. The van der Waals surface area contributed by atoms with Gasteiger partial charge in [-0.05, 0) is 48.3 Å². The van der Waals surface area contributed by atoms with Crippen LogP contribution in [0, 0.1) is 17.9 Å². The molecule has 2 unspecified atom stereocenters. The Labute approximate surface area is 127 Å². The predicted octanol–water partition coefficient (Wildman–Crippen LogP) is 4.89. The average Bonchev–Trinajstić information content (AvgIpc) is 2.46. The molecule has 21 heavy (non-hydrogen) atoms. The van der Waals surface area contributed by atoms with Crippen LogP contribution in [0.25, 0.3) is 0 Å². The Morgan fingerprint density at radius 3 is 2.19 bits per heavy atom. The number of hydrogen-bond donors (Lipinski definition) is 0. The zero-order valence-electron chi connectivity index (χ0n) is 13.4. The summed E-state index contributed by atoms with van der Waals surface area (Å²) in [5.41, 5.74) is 1.73. The van der Waals surface area contributed by atoms with E-state index < -0.39 is 5.97 Å². The van der Waals surface area contributed by atoms with Crippen molar-refractivity contribution in [2.24, 2.45) is 11.8 Å². The van der Waals surface area contributed by atoms with Crippen molar-refractivity contribution in [2.45, 2.75) is 52.9 Å². The Balaban J connectivity index is 1.92. The molecule has 0 N–H and O–H groups in total. The molecule has 0 heterocycles. The molecule has 1 saturated carbocycles. The molecule has 2 rings (SSSR count). The molecule has 3 heteroatoms. The Morgan fingerprint density at radius 2 is 1.67 bits per heavy atom. The SMILES string of the molecule is CC1CCCC(C)[C]1OOC(=O)c1ccc(C(C)C)cc1. The van der Waals surface area contributed by atoms with Crippen LogP contribution in [0.15, 0.2) is 24.3 Å². The van der Waals surface area contributed by atoms with E-state index in [2.05, 4.69) is 27.7 Å². The molecule has 0 spiro atoms. The summed E-state index contributed by atoms with van der Waals surface area (Å²) in [7, 11) is 0. The van der Waals surface area contributed by atoms with Crippen LogP contribution in [0.3, 0.4) is 0 Å². The fourth-order valence-corrected chi connectivity index (χ4v) is 2.80. The minimum absolute atomic E-state index is 0.352. The predicted molar refractivity (Wildman–Crippen MR) is 82.5 cm³/mol. The first kappa shape index (κ1) is 16.0. The third-order valence-electron chi connectivity index (χ3n) is 4.27. The highest BCUT2D eigenvalue weighted by Gasteiger charge is 2.32. The van der Waals surface area contributed by atoms with Gasteiger partial charge in [-0.3, -0.25) is 4.89 Å². The third-order valence-corrected chi connectivity index (χ3v) is 4.27. The van der Waals surface area contributed by atoms with Crippen molar-refractivity contribution in [3.8, 4) is 0 Å². The van der Waals surface area contributed by atoms with E-state index in [0.717, 1.165) is 18.9 Å². The summed E-state index contributed by atoms with van der Waals surface area (Å²) in [6.07, 6.45) is 4.30. The van der Waals surface area contributed by atoms with Crippen LogP contribution >= 0.6 is 0 Å². The van der Waals surface area contributed by atoms with E-state index in [0.29, 0.717) is 23.3 Å². The fourth-order valence-electron chi connectivity index (χ4n) is 2.80. The fraction of sp³-hybridized carbons (Fsp3) is 0.556. The van der Waals surface area contributed by atoms with Crippen LogP contribution in [-0.4, -0.2) is 5.97 Å². The number of hydrogen-bond acceptors (Lipinski definition) is 3. The summed E-state index contributed by atoms with van der Waals surface area (Å²) in [5, 5.41) is 0. The second-order valence-electron chi connectivity index (χ2n) is 6.37. The maximum atomic E-state index is 12.0. The third kappa shape index (κ3) is 4.07. The number of rotatable bonds is 4. The van der Waals surface area contributed by atoms with Gasteiger partial charge in [-0.15, -0.1) is 0 Å². The molecular weight excluding hydrogens is 264 g/mol. The zero-order valence-corrected chi connectivity index (χ0v) is 13.4. The minimum Gasteiger partial charge on any atom is -0.292 e. The van der Waals surface area contributed by atoms with Crippen molar-refractivity contribution >= 4 is 5.97 Å². The summed E-state index contributed by atoms with van der Waals surface area (Å²) in [6.45, 7) is 8.49. The number of carbonyl (C=O) groups is 1.